The fourth-order valence-electron chi connectivity index (χ4n) is 1.67. The molecular weight excluding hydrogens is 294 g/mol. The average molecular weight is 307 g/mol. The summed E-state index contributed by atoms with van der Waals surface area (Å²) >= 11 is 1.48. The molecule has 2 heterocycles. The predicted molar refractivity (Wildman–Crippen MR) is 78.5 cm³/mol. The molecule has 0 spiro atoms. The zero-order valence-electron chi connectivity index (χ0n) is 11.4. The van der Waals surface area contributed by atoms with Crippen LogP contribution in [0.1, 0.15) is 21.1 Å². The molecule has 9 heteroatoms. The summed E-state index contributed by atoms with van der Waals surface area (Å²) in [4.78, 5) is 30.5. The van der Waals surface area contributed by atoms with Gasteiger partial charge in [-0.1, -0.05) is 0 Å². The van der Waals surface area contributed by atoms with Crippen LogP contribution in [0.4, 0.5) is 11.5 Å². The van der Waals surface area contributed by atoms with Crippen molar-refractivity contribution in [3.8, 4) is 0 Å². The number of carbonyl (C=O) groups excluding carboxylic acids is 1. The SMILES string of the molecule is CNc1cc(C(=O)NCc2csc(C)n2)c([N+](=O)[O-])cn1. The van der Waals surface area contributed by atoms with Gasteiger partial charge in [-0.2, -0.15) is 0 Å². The molecule has 0 aliphatic heterocycles. The number of hydrogen-bond donors (Lipinski definition) is 2. The third-order valence-electron chi connectivity index (χ3n) is 2.68. The number of anilines is 1. The second-order valence-corrected chi connectivity index (χ2v) is 5.20. The van der Waals surface area contributed by atoms with Crippen LogP contribution < -0.4 is 10.6 Å². The zero-order valence-corrected chi connectivity index (χ0v) is 12.2. The van der Waals surface area contributed by atoms with Crippen LogP contribution in [0.5, 0.6) is 0 Å². The molecule has 1 amide bonds. The Morgan fingerprint density at radius 1 is 1.52 bits per heavy atom. The Labute approximate surface area is 124 Å². The van der Waals surface area contributed by atoms with Crippen molar-refractivity contribution < 1.29 is 9.72 Å². The van der Waals surface area contributed by atoms with Gasteiger partial charge in [-0.25, -0.2) is 9.97 Å². The summed E-state index contributed by atoms with van der Waals surface area (Å²) < 4.78 is 0. The maximum absolute atomic E-state index is 12.1. The molecule has 21 heavy (non-hydrogen) atoms. The normalized spacial score (nSPS) is 10.2. The summed E-state index contributed by atoms with van der Waals surface area (Å²) in [5.74, 6) is -0.151. The van der Waals surface area contributed by atoms with E-state index in [0.717, 1.165) is 16.9 Å². The van der Waals surface area contributed by atoms with Crippen molar-refractivity contribution >= 4 is 28.7 Å². The molecule has 110 valence electrons. The zero-order chi connectivity index (χ0) is 15.4. The van der Waals surface area contributed by atoms with Gasteiger partial charge in [-0.05, 0) is 6.92 Å². The van der Waals surface area contributed by atoms with Crippen molar-refractivity contribution in [3.63, 3.8) is 0 Å². The van der Waals surface area contributed by atoms with Crippen molar-refractivity contribution in [1.29, 1.82) is 0 Å². The van der Waals surface area contributed by atoms with E-state index in [1.54, 1.807) is 7.05 Å². The van der Waals surface area contributed by atoms with Gasteiger partial charge in [-0.3, -0.25) is 14.9 Å². The molecule has 8 nitrogen and oxygen atoms in total. The van der Waals surface area contributed by atoms with E-state index in [1.165, 1.54) is 17.4 Å². The summed E-state index contributed by atoms with van der Waals surface area (Å²) in [5.41, 5.74) is 0.351. The summed E-state index contributed by atoms with van der Waals surface area (Å²) in [7, 11) is 1.62. The highest BCUT2D eigenvalue weighted by atomic mass is 32.1. The standard InChI is InChI=1S/C12H13N5O3S/c1-7-16-8(6-21-7)4-15-12(18)9-3-11(13-2)14-5-10(9)17(19)20/h3,5-6H,4H2,1-2H3,(H,13,14)(H,15,18). The first kappa shape index (κ1) is 14.9. The topological polar surface area (TPSA) is 110 Å². The van der Waals surface area contributed by atoms with Crippen LogP contribution in [-0.4, -0.2) is 27.8 Å². The van der Waals surface area contributed by atoms with Crippen LogP contribution in [0, 0.1) is 17.0 Å². The van der Waals surface area contributed by atoms with Crippen molar-refractivity contribution in [2.75, 3.05) is 12.4 Å². The molecule has 0 aliphatic carbocycles. The lowest BCUT2D eigenvalue weighted by atomic mass is 10.2. The van der Waals surface area contributed by atoms with Gasteiger partial charge in [0.1, 0.15) is 17.6 Å². The molecule has 0 saturated heterocycles. The summed E-state index contributed by atoms with van der Waals surface area (Å²) in [6, 6.07) is 1.35. The van der Waals surface area contributed by atoms with Gasteiger partial charge in [0.05, 0.1) is 22.2 Å². The molecule has 2 N–H and O–H groups in total. The summed E-state index contributed by atoms with van der Waals surface area (Å²) in [6.07, 6.45) is 1.06. The Balaban J connectivity index is 2.19. The van der Waals surface area contributed by atoms with Crippen LogP contribution in [-0.2, 0) is 6.54 Å². The quantitative estimate of drug-likeness (QED) is 0.643. The maximum Gasteiger partial charge on any atom is 0.300 e. The third-order valence-corrected chi connectivity index (χ3v) is 3.50. The third kappa shape index (κ3) is 3.51. The van der Waals surface area contributed by atoms with Crippen molar-refractivity contribution in [2.24, 2.45) is 0 Å². The Morgan fingerprint density at radius 3 is 2.86 bits per heavy atom. The number of amides is 1. The smallest absolute Gasteiger partial charge is 0.300 e. The lowest BCUT2D eigenvalue weighted by Crippen LogP contribution is -2.24. The van der Waals surface area contributed by atoms with E-state index in [9.17, 15) is 14.9 Å². The molecule has 0 radical (unpaired) electrons. The lowest BCUT2D eigenvalue weighted by Gasteiger charge is -2.06. The number of nitrogens with zero attached hydrogens (tertiary/aromatic N) is 3. The highest BCUT2D eigenvalue weighted by Crippen LogP contribution is 2.20. The Hall–Kier alpha value is -2.55. The molecule has 0 aliphatic rings. The Bertz CT molecular complexity index is 685. The van der Waals surface area contributed by atoms with E-state index in [2.05, 4.69) is 20.6 Å². The minimum atomic E-state index is -0.631. The molecule has 2 aromatic heterocycles. The minimum Gasteiger partial charge on any atom is -0.373 e. The number of nitrogens with one attached hydrogen (secondary N) is 2. The number of thiazole rings is 1. The molecule has 2 aromatic rings. The van der Waals surface area contributed by atoms with Crippen molar-refractivity contribution in [2.45, 2.75) is 13.5 Å². The monoisotopic (exact) mass is 307 g/mol. The molecule has 0 bridgehead atoms. The van der Waals surface area contributed by atoms with Crippen LogP contribution >= 0.6 is 11.3 Å². The van der Waals surface area contributed by atoms with E-state index in [0.29, 0.717) is 5.82 Å². The predicted octanol–water partition coefficient (Wildman–Crippen LogP) is 1.73. The van der Waals surface area contributed by atoms with E-state index in [1.807, 2.05) is 12.3 Å². The van der Waals surface area contributed by atoms with E-state index >= 15 is 0 Å². The van der Waals surface area contributed by atoms with Gasteiger partial charge >= 0.3 is 0 Å². The first-order chi connectivity index (χ1) is 10.0. The van der Waals surface area contributed by atoms with E-state index in [-0.39, 0.29) is 17.8 Å². The number of aryl methyl sites for hydroxylation is 1. The first-order valence-corrected chi connectivity index (χ1v) is 6.90. The van der Waals surface area contributed by atoms with Crippen molar-refractivity contribution in [3.05, 3.63) is 44.0 Å². The molecule has 0 unspecified atom stereocenters. The molecule has 0 fully saturated rings. The summed E-state index contributed by atoms with van der Waals surface area (Å²) in [6.45, 7) is 2.08. The first-order valence-electron chi connectivity index (χ1n) is 6.02. The number of carbonyl (C=O) groups is 1. The van der Waals surface area contributed by atoms with Crippen LogP contribution in [0.3, 0.4) is 0 Å². The second kappa shape index (κ2) is 6.27. The fourth-order valence-corrected chi connectivity index (χ4v) is 2.28. The minimum absolute atomic E-state index is 0.0358. The van der Waals surface area contributed by atoms with Gasteiger partial charge in [0.25, 0.3) is 11.6 Å². The Kier molecular flexibility index (Phi) is 4.43. The fraction of sp³-hybridized carbons (Fsp3) is 0.250. The highest BCUT2D eigenvalue weighted by Gasteiger charge is 2.21. The van der Waals surface area contributed by atoms with Crippen molar-refractivity contribution in [1.82, 2.24) is 15.3 Å². The van der Waals surface area contributed by atoms with E-state index in [4.69, 9.17) is 0 Å². The number of hydrogen-bond acceptors (Lipinski definition) is 7. The lowest BCUT2D eigenvalue weighted by molar-refractivity contribution is -0.385. The molecule has 0 saturated carbocycles. The summed E-state index contributed by atoms with van der Waals surface area (Å²) in [5, 5.41) is 19.0. The van der Waals surface area contributed by atoms with E-state index < -0.39 is 10.8 Å². The largest absolute Gasteiger partial charge is 0.373 e. The van der Waals surface area contributed by atoms with Gasteiger partial charge in [0.15, 0.2) is 0 Å². The number of aromatic nitrogens is 2. The molecule has 0 aromatic carbocycles. The maximum atomic E-state index is 12.1. The second-order valence-electron chi connectivity index (χ2n) is 4.13. The van der Waals surface area contributed by atoms with Crippen LogP contribution in [0.25, 0.3) is 0 Å². The molecule has 2 rings (SSSR count). The van der Waals surface area contributed by atoms with Gasteiger partial charge in [0, 0.05) is 18.5 Å². The van der Waals surface area contributed by atoms with Crippen LogP contribution in [0.15, 0.2) is 17.6 Å². The number of nitro groups is 1. The van der Waals surface area contributed by atoms with Crippen LogP contribution in [0.2, 0.25) is 0 Å². The van der Waals surface area contributed by atoms with Gasteiger partial charge in [0.2, 0.25) is 0 Å². The molecular formula is C12H13N5O3S. The highest BCUT2D eigenvalue weighted by molar-refractivity contribution is 7.09. The Morgan fingerprint density at radius 2 is 2.29 bits per heavy atom. The number of rotatable bonds is 5. The number of pyridine rings is 1. The van der Waals surface area contributed by atoms with Gasteiger partial charge < -0.3 is 10.6 Å². The average Bonchev–Trinajstić information content (AvgIpc) is 2.89. The molecule has 0 atom stereocenters. The van der Waals surface area contributed by atoms with Gasteiger partial charge in [-0.15, -0.1) is 11.3 Å².